The molecule has 0 aliphatic heterocycles. The number of fused-ring (bicyclic) bond motifs is 1. The molecule has 1 unspecified atom stereocenters. The Kier molecular flexibility index (Phi) is 6.04. The molecule has 7 nitrogen and oxygen atoms in total. The Morgan fingerprint density at radius 1 is 1.17 bits per heavy atom. The zero-order valence-electron chi connectivity index (χ0n) is 18.3. The highest BCUT2D eigenvalue weighted by atomic mass is 35.5. The Hall–Kier alpha value is -3.34. The lowest BCUT2D eigenvalue weighted by Crippen LogP contribution is -2.29. The van der Waals surface area contributed by atoms with Gasteiger partial charge >= 0.3 is 0 Å². The Balaban J connectivity index is 1.59. The van der Waals surface area contributed by atoms with Gasteiger partial charge in [0.25, 0.3) is 10.0 Å². The summed E-state index contributed by atoms with van der Waals surface area (Å²) >= 11 is 7.57. The lowest BCUT2D eigenvalue weighted by atomic mass is 9.82. The van der Waals surface area contributed by atoms with E-state index in [1.165, 1.54) is 37.0 Å². The van der Waals surface area contributed by atoms with Crippen LogP contribution in [-0.2, 0) is 20.4 Å². The van der Waals surface area contributed by atoms with Crippen molar-refractivity contribution in [2.75, 3.05) is 11.8 Å². The first kappa shape index (κ1) is 23.4. The molecular weight excluding hydrogens is 511 g/mol. The number of methoxy groups -OCH3 is 1. The topological polar surface area (TPSA) is 94.1 Å². The minimum atomic E-state index is -3.91. The van der Waals surface area contributed by atoms with Crippen LogP contribution in [0.25, 0.3) is 16.3 Å². The predicted molar refractivity (Wildman–Crippen MR) is 134 cm³/mol. The van der Waals surface area contributed by atoms with Crippen LogP contribution in [0, 0.1) is 0 Å². The molecule has 178 valence electrons. The van der Waals surface area contributed by atoms with Crippen molar-refractivity contribution in [1.82, 2.24) is 15.2 Å². The molecule has 4 aromatic rings. The molecule has 0 bridgehead atoms. The molecule has 2 aromatic heterocycles. The van der Waals surface area contributed by atoms with Crippen LogP contribution in [0.4, 0.5) is 9.52 Å². The number of hydrogen-bond donors (Lipinski definition) is 1. The molecule has 0 saturated heterocycles. The van der Waals surface area contributed by atoms with Gasteiger partial charge in [0.1, 0.15) is 11.3 Å². The van der Waals surface area contributed by atoms with Gasteiger partial charge in [-0.05, 0) is 40.8 Å². The molecule has 0 saturated carbocycles. The summed E-state index contributed by atoms with van der Waals surface area (Å²) in [6.45, 7) is 0. The highest BCUT2D eigenvalue weighted by Crippen LogP contribution is 2.49. The van der Waals surface area contributed by atoms with Crippen molar-refractivity contribution in [2.24, 2.45) is 0 Å². The van der Waals surface area contributed by atoms with Crippen molar-refractivity contribution < 1.29 is 17.5 Å². The SMILES string of the molecule is COC1=CC(Cl)=C(c2ccccc2)CC1(F)c1nccc2cc(S(=O)(=O)Nc3nncs3)ccc12. The van der Waals surface area contributed by atoms with Crippen molar-refractivity contribution in [3.05, 3.63) is 94.4 Å². The monoisotopic (exact) mass is 528 g/mol. The quantitative estimate of drug-likeness (QED) is 0.348. The molecule has 5 rings (SSSR count). The van der Waals surface area contributed by atoms with E-state index in [4.69, 9.17) is 16.3 Å². The number of hydrogen-bond acceptors (Lipinski definition) is 7. The molecule has 11 heteroatoms. The number of nitrogens with zero attached hydrogens (tertiary/aromatic N) is 3. The minimum absolute atomic E-state index is 0.00400. The van der Waals surface area contributed by atoms with Crippen LogP contribution >= 0.6 is 22.9 Å². The Labute approximate surface area is 210 Å². The van der Waals surface area contributed by atoms with Gasteiger partial charge in [0.2, 0.25) is 10.8 Å². The highest BCUT2D eigenvalue weighted by Gasteiger charge is 2.44. The fraction of sp³-hybridized carbons (Fsp3) is 0.125. The number of alkyl halides is 1. The van der Waals surface area contributed by atoms with Gasteiger partial charge in [0, 0.05) is 23.0 Å². The van der Waals surface area contributed by atoms with Gasteiger partial charge < -0.3 is 4.74 Å². The van der Waals surface area contributed by atoms with Crippen molar-refractivity contribution in [2.45, 2.75) is 17.0 Å². The standard InChI is InChI=1S/C24H18ClFN4O3S2/c1-33-21-12-20(25)19(15-5-3-2-4-6-15)13-24(21,26)22-18-8-7-17(11-16(18)9-10-27-22)35(31,32)30-23-29-28-14-34-23/h2-12,14H,13H2,1H3,(H,29,30). The van der Waals surface area contributed by atoms with E-state index in [9.17, 15) is 8.42 Å². The maximum atomic E-state index is 16.9. The summed E-state index contributed by atoms with van der Waals surface area (Å²) in [6, 6.07) is 15.4. The third-order valence-corrected chi connectivity index (χ3v) is 8.11. The average Bonchev–Trinajstić information content (AvgIpc) is 3.37. The van der Waals surface area contributed by atoms with Gasteiger partial charge in [-0.1, -0.05) is 59.3 Å². The second-order valence-electron chi connectivity index (χ2n) is 7.78. The molecule has 0 spiro atoms. The number of rotatable bonds is 6. The van der Waals surface area contributed by atoms with E-state index < -0.39 is 15.7 Å². The van der Waals surface area contributed by atoms with Crippen molar-refractivity contribution in [3.63, 3.8) is 0 Å². The molecule has 35 heavy (non-hydrogen) atoms. The second-order valence-corrected chi connectivity index (χ2v) is 10.7. The molecule has 0 fully saturated rings. The van der Waals surface area contributed by atoms with Crippen LogP contribution in [0.5, 0.6) is 0 Å². The van der Waals surface area contributed by atoms with E-state index in [2.05, 4.69) is 19.9 Å². The maximum absolute atomic E-state index is 16.9. The van der Waals surface area contributed by atoms with E-state index in [1.807, 2.05) is 30.3 Å². The van der Waals surface area contributed by atoms with Gasteiger partial charge in [-0.3, -0.25) is 9.71 Å². The largest absolute Gasteiger partial charge is 0.497 e. The second kappa shape index (κ2) is 9.03. The molecule has 2 heterocycles. The number of halogens is 2. The molecule has 0 radical (unpaired) electrons. The summed E-state index contributed by atoms with van der Waals surface area (Å²) in [4.78, 5) is 4.37. The Bertz CT molecular complexity index is 1580. The molecule has 2 aromatic carbocycles. The van der Waals surface area contributed by atoms with Crippen LogP contribution in [-0.4, -0.2) is 30.7 Å². The Morgan fingerprint density at radius 3 is 2.69 bits per heavy atom. The van der Waals surface area contributed by atoms with Gasteiger partial charge in [0.05, 0.1) is 17.7 Å². The van der Waals surface area contributed by atoms with Gasteiger partial charge in [-0.2, -0.15) is 0 Å². The lowest BCUT2D eigenvalue weighted by molar-refractivity contribution is 0.110. The smallest absolute Gasteiger partial charge is 0.263 e. The summed E-state index contributed by atoms with van der Waals surface area (Å²) in [5.74, 6) is 0.0248. The number of aromatic nitrogens is 3. The Morgan fingerprint density at radius 2 is 1.97 bits per heavy atom. The fourth-order valence-corrected chi connectivity index (χ4v) is 6.07. The predicted octanol–water partition coefficient (Wildman–Crippen LogP) is 5.64. The van der Waals surface area contributed by atoms with Crippen LogP contribution in [0.2, 0.25) is 0 Å². The van der Waals surface area contributed by atoms with Gasteiger partial charge in [-0.15, -0.1) is 10.2 Å². The van der Waals surface area contributed by atoms with Crippen LogP contribution in [0.3, 0.4) is 0 Å². The summed E-state index contributed by atoms with van der Waals surface area (Å²) in [5, 5.41) is 8.84. The number of nitrogens with one attached hydrogen (secondary N) is 1. The number of sulfonamides is 1. The van der Waals surface area contributed by atoms with Gasteiger partial charge in [-0.25, -0.2) is 12.8 Å². The van der Waals surface area contributed by atoms with Crippen molar-refractivity contribution in [3.8, 4) is 0 Å². The average molecular weight is 529 g/mol. The third kappa shape index (κ3) is 4.29. The van der Waals surface area contributed by atoms with Crippen molar-refractivity contribution >= 4 is 54.4 Å². The minimum Gasteiger partial charge on any atom is -0.497 e. The van der Waals surface area contributed by atoms with E-state index in [-0.39, 0.29) is 27.9 Å². The van der Waals surface area contributed by atoms with Crippen molar-refractivity contribution in [1.29, 1.82) is 0 Å². The summed E-state index contributed by atoms with van der Waals surface area (Å²) < 4.78 is 50.3. The van der Waals surface area contributed by atoms with Gasteiger partial charge in [0.15, 0.2) is 0 Å². The maximum Gasteiger partial charge on any atom is 0.263 e. The number of ether oxygens (including phenoxy) is 1. The first-order valence-electron chi connectivity index (χ1n) is 10.4. The molecule has 0 amide bonds. The molecule has 1 aliphatic carbocycles. The van der Waals surface area contributed by atoms with E-state index in [0.29, 0.717) is 21.4 Å². The molecule has 1 atom stereocenters. The van der Waals surface area contributed by atoms with Crippen LogP contribution in [0.15, 0.2) is 88.1 Å². The van der Waals surface area contributed by atoms with Crippen LogP contribution in [0.1, 0.15) is 17.7 Å². The number of allylic oxidation sites excluding steroid dienone is 4. The summed E-state index contributed by atoms with van der Waals surface area (Å²) in [5.41, 5.74) is 0.828. The van der Waals surface area contributed by atoms with Crippen LogP contribution < -0.4 is 4.72 Å². The highest BCUT2D eigenvalue weighted by molar-refractivity contribution is 7.93. The lowest BCUT2D eigenvalue weighted by Gasteiger charge is -2.32. The van der Waals surface area contributed by atoms with E-state index >= 15 is 4.39 Å². The normalized spacial score (nSPS) is 18.4. The van der Waals surface area contributed by atoms with E-state index in [0.717, 1.165) is 16.9 Å². The number of benzene rings is 2. The third-order valence-electron chi connectivity index (χ3n) is 5.70. The van der Waals surface area contributed by atoms with E-state index in [1.54, 1.807) is 12.1 Å². The number of anilines is 1. The molecular formula is C24H18ClFN4O3S2. The zero-order valence-corrected chi connectivity index (χ0v) is 20.7. The molecule has 1 N–H and O–H groups in total. The first-order valence-corrected chi connectivity index (χ1v) is 13.1. The zero-order chi connectivity index (χ0) is 24.6. The first-order chi connectivity index (χ1) is 16.8. The summed E-state index contributed by atoms with van der Waals surface area (Å²) in [7, 11) is -2.53. The number of pyridine rings is 1. The fourth-order valence-electron chi connectivity index (χ4n) is 4.06. The molecule has 1 aliphatic rings. The summed E-state index contributed by atoms with van der Waals surface area (Å²) in [6.07, 6.45) is 2.82.